The quantitative estimate of drug-likeness (QED) is 0.720. The maximum atomic E-state index is 9.46. The molecule has 0 spiro atoms. The Bertz CT molecular complexity index is 440. The number of ether oxygens (including phenoxy) is 1. The Morgan fingerprint density at radius 1 is 1.31 bits per heavy atom. The highest BCUT2D eigenvalue weighted by Crippen LogP contribution is 2.33. The van der Waals surface area contributed by atoms with E-state index in [0.717, 1.165) is 10.8 Å². The standard InChI is InChI=1S/C10H9NO2/c1-13-10-8-4-5-11-6-7(8)2-3-9(10)12/h2-6,12H,1H3. The molecule has 0 aliphatic carbocycles. The summed E-state index contributed by atoms with van der Waals surface area (Å²) >= 11 is 0. The van der Waals surface area contributed by atoms with Gasteiger partial charge in [0, 0.05) is 23.2 Å². The maximum Gasteiger partial charge on any atom is 0.168 e. The van der Waals surface area contributed by atoms with E-state index in [9.17, 15) is 5.11 Å². The van der Waals surface area contributed by atoms with Crippen molar-refractivity contribution in [2.75, 3.05) is 7.11 Å². The number of nitrogens with zero attached hydrogens (tertiary/aromatic N) is 1. The molecule has 0 saturated heterocycles. The highest BCUT2D eigenvalue weighted by Gasteiger charge is 2.05. The first-order valence-corrected chi connectivity index (χ1v) is 3.92. The van der Waals surface area contributed by atoms with Crippen LogP contribution in [0, 0.1) is 0 Å². The third kappa shape index (κ3) is 1.18. The molecule has 13 heavy (non-hydrogen) atoms. The molecule has 3 heteroatoms. The highest BCUT2D eigenvalue weighted by molar-refractivity contribution is 5.89. The first-order valence-electron chi connectivity index (χ1n) is 3.92. The second kappa shape index (κ2) is 2.94. The zero-order valence-electron chi connectivity index (χ0n) is 7.19. The first-order chi connectivity index (χ1) is 6.33. The first kappa shape index (κ1) is 7.86. The maximum absolute atomic E-state index is 9.46. The number of pyridine rings is 1. The van der Waals surface area contributed by atoms with Crippen molar-refractivity contribution in [2.24, 2.45) is 0 Å². The molecule has 2 aromatic rings. The van der Waals surface area contributed by atoms with Crippen molar-refractivity contribution < 1.29 is 9.84 Å². The van der Waals surface area contributed by atoms with E-state index in [2.05, 4.69) is 4.98 Å². The summed E-state index contributed by atoms with van der Waals surface area (Å²) in [4.78, 5) is 3.98. The van der Waals surface area contributed by atoms with Crippen LogP contribution in [0.5, 0.6) is 11.5 Å². The summed E-state index contributed by atoms with van der Waals surface area (Å²) in [6, 6.07) is 5.22. The molecule has 0 saturated carbocycles. The van der Waals surface area contributed by atoms with E-state index in [1.807, 2.05) is 6.07 Å². The van der Waals surface area contributed by atoms with E-state index in [-0.39, 0.29) is 5.75 Å². The van der Waals surface area contributed by atoms with Crippen molar-refractivity contribution >= 4 is 10.8 Å². The van der Waals surface area contributed by atoms with E-state index in [0.29, 0.717) is 5.75 Å². The number of hydrogen-bond donors (Lipinski definition) is 1. The van der Waals surface area contributed by atoms with Crippen LogP contribution in [0.4, 0.5) is 0 Å². The molecule has 66 valence electrons. The molecule has 0 amide bonds. The molecule has 1 aromatic heterocycles. The Hall–Kier alpha value is -1.77. The number of hydrogen-bond acceptors (Lipinski definition) is 3. The zero-order chi connectivity index (χ0) is 9.26. The number of benzene rings is 1. The van der Waals surface area contributed by atoms with Gasteiger partial charge >= 0.3 is 0 Å². The number of fused-ring (bicyclic) bond motifs is 1. The Morgan fingerprint density at radius 3 is 2.92 bits per heavy atom. The van der Waals surface area contributed by atoms with E-state index in [1.54, 1.807) is 24.5 Å². The molecule has 0 radical (unpaired) electrons. The Labute approximate surface area is 75.6 Å². The lowest BCUT2D eigenvalue weighted by Gasteiger charge is -2.06. The average molecular weight is 175 g/mol. The second-order valence-corrected chi connectivity index (χ2v) is 2.71. The van der Waals surface area contributed by atoms with Crippen molar-refractivity contribution in [2.45, 2.75) is 0 Å². The highest BCUT2D eigenvalue weighted by atomic mass is 16.5. The molecule has 1 N–H and O–H groups in total. The summed E-state index contributed by atoms with van der Waals surface area (Å²) in [5.41, 5.74) is 0. The molecule has 3 nitrogen and oxygen atoms in total. The summed E-state index contributed by atoms with van der Waals surface area (Å²) in [6.45, 7) is 0. The number of methoxy groups -OCH3 is 1. The van der Waals surface area contributed by atoms with Crippen LogP contribution in [0.3, 0.4) is 0 Å². The van der Waals surface area contributed by atoms with E-state index in [1.165, 1.54) is 7.11 Å². The molecule has 0 aliphatic rings. The largest absolute Gasteiger partial charge is 0.504 e. The van der Waals surface area contributed by atoms with E-state index >= 15 is 0 Å². The monoisotopic (exact) mass is 175 g/mol. The SMILES string of the molecule is COc1c(O)ccc2cnccc12. The van der Waals surface area contributed by atoms with Gasteiger partial charge in [0.05, 0.1) is 7.11 Å². The van der Waals surface area contributed by atoms with Crippen LogP contribution in [0.15, 0.2) is 30.6 Å². The van der Waals surface area contributed by atoms with Gasteiger partial charge in [0.2, 0.25) is 0 Å². The van der Waals surface area contributed by atoms with Crippen molar-refractivity contribution in [3.63, 3.8) is 0 Å². The van der Waals surface area contributed by atoms with E-state index < -0.39 is 0 Å². The van der Waals surface area contributed by atoms with E-state index in [4.69, 9.17) is 4.74 Å². The summed E-state index contributed by atoms with van der Waals surface area (Å²) in [5.74, 6) is 0.654. The van der Waals surface area contributed by atoms with Gasteiger partial charge in [0.25, 0.3) is 0 Å². The van der Waals surface area contributed by atoms with Crippen LogP contribution >= 0.6 is 0 Å². The minimum Gasteiger partial charge on any atom is -0.504 e. The molecule has 0 aliphatic heterocycles. The Kier molecular flexibility index (Phi) is 1.77. The van der Waals surface area contributed by atoms with Crippen LogP contribution < -0.4 is 4.74 Å². The van der Waals surface area contributed by atoms with Gasteiger partial charge in [0.1, 0.15) is 0 Å². The topological polar surface area (TPSA) is 42.4 Å². The number of rotatable bonds is 1. The van der Waals surface area contributed by atoms with Gasteiger partial charge in [-0.2, -0.15) is 0 Å². The second-order valence-electron chi connectivity index (χ2n) is 2.71. The fourth-order valence-corrected chi connectivity index (χ4v) is 1.34. The van der Waals surface area contributed by atoms with Crippen LogP contribution in [0.25, 0.3) is 10.8 Å². The van der Waals surface area contributed by atoms with Gasteiger partial charge < -0.3 is 9.84 Å². The van der Waals surface area contributed by atoms with Crippen LogP contribution in [-0.4, -0.2) is 17.2 Å². The predicted octanol–water partition coefficient (Wildman–Crippen LogP) is 1.95. The molecular formula is C10H9NO2. The zero-order valence-corrected chi connectivity index (χ0v) is 7.19. The van der Waals surface area contributed by atoms with Gasteiger partial charge in [-0.15, -0.1) is 0 Å². The molecule has 1 aromatic carbocycles. The third-order valence-electron chi connectivity index (χ3n) is 1.95. The van der Waals surface area contributed by atoms with Gasteiger partial charge in [-0.1, -0.05) is 0 Å². The molecule has 2 rings (SSSR count). The molecule has 1 heterocycles. The summed E-state index contributed by atoms with van der Waals surface area (Å²) in [7, 11) is 1.54. The number of phenols is 1. The predicted molar refractivity (Wildman–Crippen MR) is 50.0 cm³/mol. The fraction of sp³-hybridized carbons (Fsp3) is 0.100. The Morgan fingerprint density at radius 2 is 2.15 bits per heavy atom. The van der Waals surface area contributed by atoms with Crippen LogP contribution in [0.2, 0.25) is 0 Å². The molecular weight excluding hydrogens is 166 g/mol. The smallest absolute Gasteiger partial charge is 0.168 e. The van der Waals surface area contributed by atoms with Gasteiger partial charge in [0.15, 0.2) is 11.5 Å². The molecule has 0 atom stereocenters. The van der Waals surface area contributed by atoms with Crippen molar-refractivity contribution in [3.05, 3.63) is 30.6 Å². The summed E-state index contributed by atoms with van der Waals surface area (Å²) in [5, 5.41) is 11.3. The number of phenolic OH excluding ortho intramolecular Hbond substituents is 1. The molecule has 0 bridgehead atoms. The lowest BCUT2D eigenvalue weighted by Crippen LogP contribution is -1.86. The van der Waals surface area contributed by atoms with Crippen molar-refractivity contribution in [1.29, 1.82) is 0 Å². The number of aromatic nitrogens is 1. The van der Waals surface area contributed by atoms with Gasteiger partial charge in [-0.3, -0.25) is 4.98 Å². The van der Waals surface area contributed by atoms with Crippen LogP contribution in [-0.2, 0) is 0 Å². The average Bonchev–Trinajstić information content (AvgIpc) is 2.18. The van der Waals surface area contributed by atoms with Crippen molar-refractivity contribution in [1.82, 2.24) is 4.98 Å². The Balaban J connectivity index is 2.84. The lowest BCUT2D eigenvalue weighted by atomic mass is 10.1. The minimum absolute atomic E-state index is 0.154. The summed E-state index contributed by atoms with van der Waals surface area (Å²) in [6.07, 6.45) is 3.40. The molecule has 0 fully saturated rings. The fourth-order valence-electron chi connectivity index (χ4n) is 1.34. The van der Waals surface area contributed by atoms with Gasteiger partial charge in [-0.25, -0.2) is 0 Å². The molecule has 0 unspecified atom stereocenters. The third-order valence-corrected chi connectivity index (χ3v) is 1.95. The van der Waals surface area contributed by atoms with Crippen molar-refractivity contribution in [3.8, 4) is 11.5 Å². The normalized spacial score (nSPS) is 10.2. The lowest BCUT2D eigenvalue weighted by molar-refractivity contribution is 0.378. The summed E-state index contributed by atoms with van der Waals surface area (Å²) < 4.78 is 5.08. The number of aromatic hydroxyl groups is 1. The van der Waals surface area contributed by atoms with Crippen LogP contribution in [0.1, 0.15) is 0 Å². The van der Waals surface area contributed by atoms with Gasteiger partial charge in [-0.05, 0) is 18.2 Å². The minimum atomic E-state index is 0.154.